The molecule has 0 saturated carbocycles. The zero-order valence-corrected chi connectivity index (χ0v) is 29.9. The summed E-state index contributed by atoms with van der Waals surface area (Å²) in [6.07, 6.45) is 7.85. The van der Waals surface area contributed by atoms with E-state index in [0.717, 1.165) is 17.0 Å². The summed E-state index contributed by atoms with van der Waals surface area (Å²) < 4.78 is 31.7. The van der Waals surface area contributed by atoms with Crippen molar-refractivity contribution in [3.05, 3.63) is 103 Å². The van der Waals surface area contributed by atoms with Crippen LogP contribution in [0.1, 0.15) is 49.0 Å². The lowest BCUT2D eigenvalue weighted by atomic mass is 9.92. The first-order valence-electron chi connectivity index (χ1n) is 17.7. The number of alkyl halides is 1. The summed E-state index contributed by atoms with van der Waals surface area (Å²) in [5, 5.41) is 17.4. The quantitative estimate of drug-likeness (QED) is 0.207. The highest BCUT2D eigenvalue weighted by Gasteiger charge is 2.40. The van der Waals surface area contributed by atoms with Crippen LogP contribution in [0.2, 0.25) is 0 Å². The molecule has 54 heavy (non-hydrogen) atoms. The fourth-order valence-corrected chi connectivity index (χ4v) is 6.32. The Morgan fingerprint density at radius 1 is 1.26 bits per heavy atom. The highest BCUT2D eigenvalue weighted by Crippen LogP contribution is 2.26. The first-order chi connectivity index (χ1) is 26.0. The molecule has 14 nitrogen and oxygen atoms in total. The molecule has 1 saturated heterocycles. The molecule has 0 radical (unpaired) electrons. The fraction of sp³-hybridized carbons (Fsp3) is 0.385. The molecule has 3 aromatic rings. The Morgan fingerprint density at radius 2 is 2.06 bits per heavy atom. The third kappa shape index (κ3) is 10.9. The largest absolute Gasteiger partial charge is 0.458 e. The molecule has 1 aromatic carbocycles. The lowest BCUT2D eigenvalue weighted by molar-refractivity contribution is -0.157. The molecule has 0 spiro atoms. The van der Waals surface area contributed by atoms with Gasteiger partial charge in [-0.15, -0.1) is 6.58 Å². The maximum Gasteiger partial charge on any atom is 0.412 e. The summed E-state index contributed by atoms with van der Waals surface area (Å²) in [6.45, 7) is 5.52. The van der Waals surface area contributed by atoms with E-state index in [0.29, 0.717) is 12.0 Å². The zero-order chi connectivity index (χ0) is 38.6. The number of nitrogens with two attached hydrogens (primary N) is 1. The van der Waals surface area contributed by atoms with Gasteiger partial charge in [0.25, 0.3) is 5.91 Å². The summed E-state index contributed by atoms with van der Waals surface area (Å²) in [5.74, 6) is -2.28. The molecule has 1 fully saturated rings. The van der Waals surface area contributed by atoms with Gasteiger partial charge in [0.15, 0.2) is 11.6 Å². The van der Waals surface area contributed by atoms with Crippen molar-refractivity contribution in [2.45, 2.75) is 69.5 Å². The van der Waals surface area contributed by atoms with Crippen LogP contribution < -0.4 is 16.4 Å². The van der Waals surface area contributed by atoms with E-state index in [1.54, 1.807) is 37.4 Å². The number of ether oxygens (including phenoxy) is 2. The van der Waals surface area contributed by atoms with Gasteiger partial charge in [0.2, 0.25) is 5.91 Å². The van der Waals surface area contributed by atoms with Gasteiger partial charge in [-0.3, -0.25) is 14.9 Å². The molecule has 6 atom stereocenters. The maximum absolute atomic E-state index is 14.9. The predicted molar refractivity (Wildman–Crippen MR) is 198 cm³/mol. The number of rotatable bonds is 6. The predicted octanol–water partition coefficient (Wildman–Crippen LogP) is 4.33. The van der Waals surface area contributed by atoms with E-state index in [1.807, 2.05) is 24.3 Å². The highest BCUT2D eigenvalue weighted by molar-refractivity contribution is 5.95. The number of hydrogen-bond acceptors (Lipinski definition) is 11. The van der Waals surface area contributed by atoms with E-state index in [-0.39, 0.29) is 62.8 Å². The minimum atomic E-state index is -1.52. The Kier molecular flexibility index (Phi) is 13.8. The number of aliphatic hydroxyl groups excluding tert-OH is 1. The zero-order valence-electron chi connectivity index (χ0n) is 29.9. The highest BCUT2D eigenvalue weighted by atomic mass is 19.1. The van der Waals surface area contributed by atoms with E-state index in [9.17, 15) is 28.7 Å². The normalized spacial score (nSPS) is 26.0. The molecule has 2 aliphatic heterocycles. The van der Waals surface area contributed by atoms with Gasteiger partial charge in [-0.05, 0) is 43.7 Å². The molecule has 1 unspecified atom stereocenters. The molecular formula is C39H45FN6O8. The maximum atomic E-state index is 14.9. The SMILES string of the molecule is C=CC[C@@H]1/C=C/C(=O)NC/C=C/C(C)=C/[C@@H](O)C[C@@H](F)Cc2nc(co2)C(=O)N2CCC[C@@H]2C(=O)OC1[C@H](N)COC(=O)Nc1cc2ccccc2cn1. The first-order valence-corrected chi connectivity index (χ1v) is 17.7. The Morgan fingerprint density at radius 3 is 2.85 bits per heavy atom. The number of benzene rings is 1. The summed E-state index contributed by atoms with van der Waals surface area (Å²) in [6, 6.07) is 7.10. The number of aromatic nitrogens is 2. The number of cyclic esters (lactones) is 1. The molecule has 2 aromatic heterocycles. The lowest BCUT2D eigenvalue weighted by Crippen LogP contribution is -2.49. The number of esters is 1. The number of carbonyl (C=O) groups excluding carboxylic acids is 4. The summed E-state index contributed by atoms with van der Waals surface area (Å²) in [7, 11) is 0. The van der Waals surface area contributed by atoms with E-state index in [4.69, 9.17) is 19.6 Å². The molecule has 3 amide bonds. The minimum Gasteiger partial charge on any atom is -0.458 e. The van der Waals surface area contributed by atoms with Crippen molar-refractivity contribution in [2.75, 3.05) is 25.0 Å². The standard InChI is InChI=1S/C39H45FN6O8/c1-3-8-25-13-14-34(48)42-15-6-9-24(2)17-29(47)19-28(40)20-35-44-31(23-52-35)37(49)46-16-7-12-32(46)38(50)54-36(25)30(41)22-53-39(51)45-33-18-26-10-4-5-11-27(26)21-43-33/h3-6,9-11,13-14,17-18,21,23,25,28-30,32,36,47H,1,7-8,12,15-16,19-20,22,41H2,2H3,(H,42,48)(H,43,45,51)/b9-6+,14-13+,24-17+/t25-,28-,29-,30-,32-,36?/m1/s1. The van der Waals surface area contributed by atoms with Gasteiger partial charge in [-0.2, -0.15) is 0 Å². The van der Waals surface area contributed by atoms with Crippen LogP contribution in [-0.4, -0.2) is 94.0 Å². The van der Waals surface area contributed by atoms with Crippen LogP contribution in [0, 0.1) is 5.92 Å². The van der Waals surface area contributed by atoms with Gasteiger partial charge in [0, 0.05) is 37.0 Å². The van der Waals surface area contributed by atoms with Crippen LogP contribution in [0.5, 0.6) is 0 Å². The van der Waals surface area contributed by atoms with Crippen LogP contribution in [0.4, 0.5) is 15.0 Å². The van der Waals surface area contributed by atoms with Crippen molar-refractivity contribution >= 4 is 40.5 Å². The third-order valence-corrected chi connectivity index (χ3v) is 8.98. The topological polar surface area (TPSA) is 199 Å². The van der Waals surface area contributed by atoms with E-state index < -0.39 is 60.3 Å². The minimum absolute atomic E-state index is 0.0309. The van der Waals surface area contributed by atoms with Crippen molar-refractivity contribution in [1.29, 1.82) is 0 Å². The monoisotopic (exact) mass is 744 g/mol. The number of aliphatic hydroxyl groups is 1. The van der Waals surface area contributed by atoms with Crippen molar-refractivity contribution in [2.24, 2.45) is 11.7 Å². The number of nitrogens with one attached hydrogen (secondary N) is 2. The van der Waals surface area contributed by atoms with Crippen molar-refractivity contribution in [3.63, 3.8) is 0 Å². The van der Waals surface area contributed by atoms with E-state index >= 15 is 0 Å². The molecule has 2 aliphatic rings. The number of amides is 3. The van der Waals surface area contributed by atoms with E-state index in [2.05, 4.69) is 27.2 Å². The number of halogens is 1. The second-order valence-electron chi connectivity index (χ2n) is 13.2. The molecule has 0 aliphatic carbocycles. The van der Waals surface area contributed by atoms with Crippen molar-refractivity contribution in [3.8, 4) is 0 Å². The van der Waals surface area contributed by atoms with Crippen LogP contribution in [0.25, 0.3) is 10.8 Å². The molecule has 2 bridgehead atoms. The molecule has 5 N–H and O–H groups in total. The average Bonchev–Trinajstić information content (AvgIpc) is 3.83. The van der Waals surface area contributed by atoms with Gasteiger partial charge in [0.05, 0.1) is 18.6 Å². The van der Waals surface area contributed by atoms with E-state index in [1.165, 1.54) is 23.1 Å². The Hall–Kier alpha value is -5.67. The van der Waals surface area contributed by atoms with Crippen molar-refractivity contribution < 1.29 is 42.6 Å². The Bertz CT molecular complexity index is 1910. The summed E-state index contributed by atoms with van der Waals surface area (Å²) in [4.78, 5) is 62.7. The van der Waals surface area contributed by atoms with Gasteiger partial charge in [-0.25, -0.2) is 23.9 Å². The molecule has 286 valence electrons. The number of fused-ring (bicyclic) bond motifs is 4. The van der Waals surface area contributed by atoms with Crippen LogP contribution >= 0.6 is 0 Å². The van der Waals surface area contributed by atoms with Crippen LogP contribution in [0.15, 0.2) is 95.8 Å². The second kappa shape index (κ2) is 18.9. The van der Waals surface area contributed by atoms with Gasteiger partial charge < -0.3 is 34.9 Å². The van der Waals surface area contributed by atoms with Crippen LogP contribution in [-0.2, 0) is 25.5 Å². The number of carbonyl (C=O) groups is 4. The van der Waals surface area contributed by atoms with Gasteiger partial charge in [-0.1, -0.05) is 60.2 Å². The smallest absolute Gasteiger partial charge is 0.412 e. The summed E-state index contributed by atoms with van der Waals surface area (Å²) in [5.41, 5.74) is 7.11. The number of anilines is 1. The van der Waals surface area contributed by atoms with Crippen molar-refractivity contribution in [1.82, 2.24) is 20.2 Å². The van der Waals surface area contributed by atoms with Gasteiger partial charge in [0.1, 0.15) is 37.0 Å². The lowest BCUT2D eigenvalue weighted by Gasteiger charge is -2.31. The number of oxazole rings is 1. The third-order valence-electron chi connectivity index (χ3n) is 8.98. The number of nitrogens with zero attached hydrogens (tertiary/aromatic N) is 3. The number of hydrogen-bond donors (Lipinski definition) is 4. The average molecular weight is 745 g/mol. The van der Waals surface area contributed by atoms with Gasteiger partial charge >= 0.3 is 12.1 Å². The fourth-order valence-electron chi connectivity index (χ4n) is 6.32. The number of allylic oxidation sites excluding steroid dienone is 3. The number of pyridine rings is 1. The van der Waals surface area contributed by atoms with Crippen LogP contribution in [0.3, 0.4) is 0 Å². The Labute approximate surface area is 312 Å². The Balaban J connectivity index is 1.37. The second-order valence-corrected chi connectivity index (χ2v) is 13.2. The summed E-state index contributed by atoms with van der Waals surface area (Å²) >= 11 is 0. The first kappa shape index (κ1) is 39.5. The molecule has 4 heterocycles. The molecule has 5 rings (SSSR count). The molecular weight excluding hydrogens is 699 g/mol. The molecule has 15 heteroatoms.